The lowest BCUT2D eigenvalue weighted by atomic mass is 9.56. The van der Waals surface area contributed by atoms with Crippen LogP contribution >= 0.6 is 0 Å². The van der Waals surface area contributed by atoms with E-state index in [1.807, 2.05) is 0 Å². The van der Waals surface area contributed by atoms with Gasteiger partial charge in [0.25, 0.3) is 0 Å². The monoisotopic (exact) mass is 1340 g/mol. The highest BCUT2D eigenvalue weighted by Gasteiger charge is 2.86. The average molecular weight is 1340 g/mol. The van der Waals surface area contributed by atoms with Crippen LogP contribution in [0.2, 0.25) is 0 Å². The zero-order chi connectivity index (χ0) is 78.1. The quantitative estimate of drug-likeness (QED) is 0.191. The lowest BCUT2D eigenvalue weighted by Gasteiger charge is -2.71. The zero-order valence-corrected chi connectivity index (χ0v) is 64.6. The summed E-state index contributed by atoms with van der Waals surface area (Å²) in [5, 5.41) is 0. The fraction of sp³-hybridized carbons (Fsp3) is 0.386. The topological polar surface area (TPSA) is 0 Å². The standard InChI is InChI=1S/C62H2.C17H34N.C14H30N.C7H18N.CH4/c1-3-5-7-9-11-13-15-17-19-21-23-25-27-29-31-33-35-37-39-41-43-45-47-49-51-53-55-57-59-61-62-60-58-56-54-52-50-48-46-44-42-40-38-36-34-32-30-28-26-24-22-20-18-16-14-12-10-8-6-4-2;1-14(2,3)11-12-13-16(6,7)18(10,15(12,4)5)17(13,8)9;1-12(2,3)10-11-13(4,5)15(8,9)14(11,6)7;1-7(2,3)8(4,5)6;/h1-2H;12-13H,11H2,1-10H3;11H,10H2,1-9H3;1-6H3;1H4/q;3*+1;. The van der Waals surface area contributed by atoms with Gasteiger partial charge >= 0.3 is 0 Å². The normalized spacial score (nSPS) is 15.1. The Morgan fingerprint density at radius 3 is 0.510 bits per heavy atom. The number of hydrogen-bond acceptors (Lipinski definition) is 0. The molecule has 0 spiro atoms. The number of rotatable bonds is 2. The zero-order valence-electron chi connectivity index (χ0n) is 64.6. The molecular formula is C101H88N3+3. The van der Waals surface area contributed by atoms with Crippen LogP contribution in [0.4, 0.5) is 0 Å². The van der Waals surface area contributed by atoms with E-state index in [0.29, 0.717) is 44.1 Å². The van der Waals surface area contributed by atoms with Crippen molar-refractivity contribution < 1.29 is 13.4 Å². The predicted molar refractivity (Wildman–Crippen MR) is 435 cm³/mol. The summed E-state index contributed by atoms with van der Waals surface area (Å²) in [5.41, 5.74) is 3.34. The van der Waals surface area contributed by atoms with Crippen LogP contribution < -0.4 is 0 Å². The van der Waals surface area contributed by atoms with Gasteiger partial charge in [0.2, 0.25) is 0 Å². The van der Waals surface area contributed by atoms with Gasteiger partial charge in [-0.3, -0.25) is 0 Å². The third-order valence-electron chi connectivity index (χ3n) is 18.2. The van der Waals surface area contributed by atoms with Gasteiger partial charge in [-0.1, -0.05) is 49.0 Å². The Labute approximate surface area is 633 Å². The Kier molecular flexibility index (Phi) is 40.6. The molecule has 1 atom stereocenters. The van der Waals surface area contributed by atoms with E-state index in [2.05, 4.69) is 529 Å². The molecule has 504 valence electrons. The van der Waals surface area contributed by atoms with E-state index >= 15 is 0 Å². The van der Waals surface area contributed by atoms with Crippen molar-refractivity contribution >= 4 is 0 Å². The van der Waals surface area contributed by atoms with Crippen LogP contribution in [0.1, 0.15) is 152 Å². The van der Waals surface area contributed by atoms with Crippen LogP contribution in [0.15, 0.2) is 0 Å². The summed E-state index contributed by atoms with van der Waals surface area (Å²) >= 11 is 0. The van der Waals surface area contributed by atoms with E-state index in [9.17, 15) is 0 Å². The molecule has 4 aliphatic heterocycles. The molecule has 104 heavy (non-hydrogen) atoms. The minimum absolute atomic E-state index is 0. The van der Waals surface area contributed by atoms with Gasteiger partial charge < -0.3 is 13.4 Å². The summed E-state index contributed by atoms with van der Waals surface area (Å²) in [6.45, 7) is 45.7. The molecule has 0 amide bonds. The highest BCUT2D eigenvalue weighted by atomic mass is 15.6. The molecule has 2 bridgehead atoms. The molecule has 0 aromatic rings. The fourth-order valence-corrected chi connectivity index (χ4v) is 11.6. The third kappa shape index (κ3) is 32.7. The van der Waals surface area contributed by atoms with Crippen molar-refractivity contribution in [3.8, 4) is 368 Å². The molecule has 4 saturated heterocycles. The molecule has 4 rings (SSSR count). The Morgan fingerprint density at radius 2 is 0.404 bits per heavy atom. The molecular weight excluding hydrogens is 1260 g/mol. The Morgan fingerprint density at radius 1 is 0.260 bits per heavy atom. The van der Waals surface area contributed by atoms with Gasteiger partial charge in [-0.05, 0) is 208 Å². The maximum atomic E-state index is 4.94. The molecule has 4 aliphatic rings. The molecule has 0 radical (unpaired) electrons. The summed E-state index contributed by atoms with van der Waals surface area (Å²) < 4.78 is 3.40. The van der Waals surface area contributed by atoms with E-state index in [0.717, 1.165) is 26.7 Å². The number of likely N-dealkylation sites (tertiary alicyclic amines) is 1. The third-order valence-corrected chi connectivity index (χ3v) is 18.2. The van der Waals surface area contributed by atoms with Crippen molar-refractivity contribution in [3.05, 3.63) is 0 Å². The van der Waals surface area contributed by atoms with E-state index < -0.39 is 0 Å². The van der Waals surface area contributed by atoms with Crippen molar-refractivity contribution in [1.82, 2.24) is 0 Å². The first-order valence-corrected chi connectivity index (χ1v) is 32.2. The lowest BCUT2D eigenvalue weighted by molar-refractivity contribution is -1.06. The van der Waals surface area contributed by atoms with E-state index in [-0.39, 0.29) is 7.43 Å². The largest absolute Gasteiger partial charge is 0.327 e. The van der Waals surface area contributed by atoms with Gasteiger partial charge in [-0.15, -0.1) is 12.8 Å². The van der Waals surface area contributed by atoms with Crippen LogP contribution in [-0.4, -0.2) is 89.0 Å². The van der Waals surface area contributed by atoms with Gasteiger partial charge in [-0.25, -0.2) is 0 Å². The molecule has 3 heteroatoms. The first kappa shape index (κ1) is 92.3. The average Bonchev–Trinajstić information content (AvgIpc) is 1.45. The van der Waals surface area contributed by atoms with Crippen molar-refractivity contribution in [1.29, 1.82) is 0 Å². The first-order chi connectivity index (χ1) is 48.2. The number of quaternary nitrogens is 3. The van der Waals surface area contributed by atoms with E-state index in [1.54, 1.807) is 0 Å². The van der Waals surface area contributed by atoms with Gasteiger partial charge in [0.05, 0.1) is 65.2 Å². The fourth-order valence-electron chi connectivity index (χ4n) is 11.6. The molecule has 0 N–H and O–H groups in total. The second kappa shape index (κ2) is 45.7. The summed E-state index contributed by atoms with van der Waals surface area (Å²) in [6, 6.07) is 0. The van der Waals surface area contributed by atoms with Crippen LogP contribution in [-0.2, 0) is 0 Å². The molecule has 0 aliphatic carbocycles. The number of terminal acetylenes is 2. The minimum Gasteiger partial charge on any atom is -0.327 e. The van der Waals surface area contributed by atoms with Gasteiger partial charge in [0.15, 0.2) is 0 Å². The summed E-state index contributed by atoms with van der Waals surface area (Å²) in [5.74, 6) is 151. The lowest BCUT2D eigenvalue weighted by Crippen LogP contribution is -2.84. The van der Waals surface area contributed by atoms with Crippen LogP contribution in [0.25, 0.3) is 0 Å². The van der Waals surface area contributed by atoms with E-state index in [1.165, 1.54) is 17.3 Å². The maximum absolute atomic E-state index is 4.94. The van der Waals surface area contributed by atoms with Crippen molar-refractivity contribution in [2.75, 3.05) is 42.3 Å². The summed E-state index contributed by atoms with van der Waals surface area (Å²) in [6.07, 6.45) is 12.6. The molecule has 0 aromatic carbocycles. The highest BCUT2D eigenvalue weighted by molar-refractivity contribution is 5.52. The van der Waals surface area contributed by atoms with Gasteiger partial charge in [0.1, 0.15) is 22.2 Å². The van der Waals surface area contributed by atoms with Gasteiger partial charge in [0, 0.05) is 266 Å². The molecule has 1 unspecified atom stereocenters. The number of fused-ring (bicyclic) bond motifs is 1. The smallest absolute Gasteiger partial charge is 0.104 e. The van der Waals surface area contributed by atoms with Crippen molar-refractivity contribution in [2.24, 2.45) is 28.6 Å². The van der Waals surface area contributed by atoms with Crippen molar-refractivity contribution in [3.63, 3.8) is 0 Å². The summed E-state index contributed by atoms with van der Waals surface area (Å²) in [7, 11) is 13.9. The molecule has 4 fully saturated rings. The first-order valence-electron chi connectivity index (χ1n) is 32.2. The Bertz CT molecular complexity index is 5120. The predicted octanol–water partition coefficient (Wildman–Crippen LogP) is 10.6. The molecule has 0 saturated carbocycles. The molecule has 4 heterocycles. The van der Waals surface area contributed by atoms with E-state index in [4.69, 9.17) is 12.8 Å². The number of nitrogens with zero attached hydrogens (tertiary/aromatic N) is 3. The van der Waals surface area contributed by atoms with Crippen LogP contribution in [0, 0.1) is 397 Å². The van der Waals surface area contributed by atoms with Crippen LogP contribution in [0.3, 0.4) is 0 Å². The Balaban J connectivity index is 0. The maximum Gasteiger partial charge on any atom is 0.104 e. The number of hydrogen-bond donors (Lipinski definition) is 0. The minimum atomic E-state index is 0. The Hall–Kier alpha value is -13.8. The SMILES string of the molecule is C.C#CC#CC#CC#CC#CC#CC#CC#CC#CC#CC#CC#CC#CC#CC#CC#CC#CC#CC#CC#CC#CC#CC#CC#CC#CC#CC#CC#CC#CC#CC#C.CC(C)(C)CC1C(C)(C)[N+](C)(C)C1(C)C.CC(C)(C)CC1C2C(C)(C)[N+](C)(C1(C)C)C2(C)C.CC(C)(C)[N+](C)(C)C. The summed E-state index contributed by atoms with van der Waals surface area (Å²) in [4.78, 5) is 0. The molecule has 0 aromatic heterocycles. The van der Waals surface area contributed by atoms with Crippen molar-refractivity contribution in [2.45, 2.75) is 185 Å². The van der Waals surface area contributed by atoms with Gasteiger partial charge in [-0.2, -0.15) is 0 Å². The second-order valence-corrected chi connectivity index (χ2v) is 29.6. The molecule has 3 nitrogen and oxygen atoms in total. The van der Waals surface area contributed by atoms with Crippen LogP contribution in [0.5, 0.6) is 0 Å². The highest BCUT2D eigenvalue weighted by Crippen LogP contribution is 2.73. The second-order valence-electron chi connectivity index (χ2n) is 29.6.